The molecule has 0 unspecified atom stereocenters. The van der Waals surface area contributed by atoms with E-state index in [1.807, 2.05) is 6.92 Å². The predicted molar refractivity (Wildman–Crippen MR) is 65.7 cm³/mol. The average Bonchev–Trinajstić information content (AvgIpc) is 2.41. The number of methoxy groups -OCH3 is 1. The highest BCUT2D eigenvalue weighted by atomic mass is 19.1. The minimum Gasteiger partial charge on any atom is -0.465 e. The van der Waals surface area contributed by atoms with Crippen LogP contribution in [-0.4, -0.2) is 18.1 Å². The maximum atomic E-state index is 13.1. The molecule has 0 saturated heterocycles. The van der Waals surface area contributed by atoms with Gasteiger partial charge in [0.15, 0.2) is 0 Å². The van der Waals surface area contributed by atoms with Crippen LogP contribution < -0.4 is 0 Å². The molecule has 1 aromatic carbocycles. The maximum absolute atomic E-state index is 13.1. The second-order valence-corrected chi connectivity index (χ2v) is 3.89. The SMILES string of the molecule is COC(=O)c1ccc(-c2cc(F)ncc2C)cc1. The van der Waals surface area contributed by atoms with Crippen LogP contribution in [0.15, 0.2) is 36.5 Å². The molecular formula is C14H12FNO2. The monoisotopic (exact) mass is 245 g/mol. The highest BCUT2D eigenvalue weighted by molar-refractivity contribution is 5.90. The van der Waals surface area contributed by atoms with Crippen LogP contribution in [0.25, 0.3) is 11.1 Å². The van der Waals surface area contributed by atoms with E-state index in [1.54, 1.807) is 24.3 Å². The second kappa shape index (κ2) is 4.96. The van der Waals surface area contributed by atoms with Gasteiger partial charge in [-0.25, -0.2) is 9.78 Å². The van der Waals surface area contributed by atoms with Gasteiger partial charge in [0.25, 0.3) is 0 Å². The van der Waals surface area contributed by atoms with Gasteiger partial charge in [0.2, 0.25) is 5.95 Å². The minimum atomic E-state index is -0.521. The molecule has 92 valence electrons. The Labute approximate surface area is 104 Å². The number of hydrogen-bond donors (Lipinski definition) is 0. The van der Waals surface area contributed by atoms with E-state index in [-0.39, 0.29) is 5.97 Å². The number of carbonyl (C=O) groups excluding carboxylic acids is 1. The number of aromatic nitrogens is 1. The number of aryl methyl sites for hydroxylation is 1. The quantitative estimate of drug-likeness (QED) is 0.603. The summed E-state index contributed by atoms with van der Waals surface area (Å²) in [6, 6.07) is 8.20. The zero-order valence-electron chi connectivity index (χ0n) is 10.1. The molecule has 18 heavy (non-hydrogen) atoms. The third kappa shape index (κ3) is 2.37. The van der Waals surface area contributed by atoms with Crippen LogP contribution in [0.2, 0.25) is 0 Å². The van der Waals surface area contributed by atoms with E-state index < -0.39 is 5.95 Å². The summed E-state index contributed by atoms with van der Waals surface area (Å²) >= 11 is 0. The minimum absolute atomic E-state index is 0.390. The lowest BCUT2D eigenvalue weighted by Crippen LogP contribution is -2.00. The largest absolute Gasteiger partial charge is 0.465 e. The molecule has 2 rings (SSSR count). The molecule has 0 fully saturated rings. The first kappa shape index (κ1) is 12.2. The van der Waals surface area contributed by atoms with Gasteiger partial charge in [-0.3, -0.25) is 0 Å². The van der Waals surface area contributed by atoms with Crippen molar-refractivity contribution in [2.75, 3.05) is 7.11 Å². The number of pyridine rings is 1. The van der Waals surface area contributed by atoms with Gasteiger partial charge in [0, 0.05) is 12.3 Å². The molecule has 0 aliphatic rings. The molecule has 2 aromatic rings. The van der Waals surface area contributed by atoms with Crippen molar-refractivity contribution in [2.45, 2.75) is 6.92 Å². The summed E-state index contributed by atoms with van der Waals surface area (Å²) in [6.07, 6.45) is 1.49. The Morgan fingerprint density at radius 2 is 1.94 bits per heavy atom. The van der Waals surface area contributed by atoms with Gasteiger partial charge in [-0.05, 0) is 35.7 Å². The maximum Gasteiger partial charge on any atom is 0.337 e. The molecule has 4 heteroatoms. The first-order valence-corrected chi connectivity index (χ1v) is 5.42. The van der Waals surface area contributed by atoms with Gasteiger partial charge in [-0.2, -0.15) is 4.39 Å². The van der Waals surface area contributed by atoms with Crippen LogP contribution in [0, 0.1) is 12.9 Å². The van der Waals surface area contributed by atoms with Crippen LogP contribution in [-0.2, 0) is 4.74 Å². The van der Waals surface area contributed by atoms with Crippen LogP contribution >= 0.6 is 0 Å². The predicted octanol–water partition coefficient (Wildman–Crippen LogP) is 2.98. The number of ether oxygens (including phenoxy) is 1. The number of halogens is 1. The van der Waals surface area contributed by atoms with Crippen molar-refractivity contribution in [1.82, 2.24) is 4.98 Å². The van der Waals surface area contributed by atoms with Gasteiger partial charge in [0.05, 0.1) is 12.7 Å². The average molecular weight is 245 g/mol. The Hall–Kier alpha value is -2.23. The smallest absolute Gasteiger partial charge is 0.337 e. The molecule has 0 N–H and O–H groups in total. The van der Waals surface area contributed by atoms with Crippen molar-refractivity contribution < 1.29 is 13.9 Å². The number of rotatable bonds is 2. The van der Waals surface area contributed by atoms with E-state index in [4.69, 9.17) is 0 Å². The topological polar surface area (TPSA) is 39.2 Å². The molecule has 0 atom stereocenters. The number of carbonyl (C=O) groups is 1. The third-order valence-electron chi connectivity index (χ3n) is 2.69. The molecule has 1 aromatic heterocycles. The van der Waals surface area contributed by atoms with Crippen LogP contribution in [0.5, 0.6) is 0 Å². The van der Waals surface area contributed by atoms with Crippen molar-refractivity contribution in [1.29, 1.82) is 0 Å². The van der Waals surface area contributed by atoms with Crippen molar-refractivity contribution >= 4 is 5.97 Å². The molecule has 0 spiro atoms. The van der Waals surface area contributed by atoms with E-state index in [0.717, 1.165) is 16.7 Å². The van der Waals surface area contributed by atoms with E-state index in [2.05, 4.69) is 9.72 Å². The highest BCUT2D eigenvalue weighted by Gasteiger charge is 2.07. The molecular weight excluding hydrogens is 233 g/mol. The molecule has 1 heterocycles. The lowest BCUT2D eigenvalue weighted by atomic mass is 10.0. The molecule has 0 bridgehead atoms. The summed E-state index contributed by atoms with van der Waals surface area (Å²) in [5.74, 6) is -0.910. The Balaban J connectivity index is 2.40. The van der Waals surface area contributed by atoms with Crippen molar-refractivity contribution in [3.05, 3.63) is 53.6 Å². The first-order chi connectivity index (χ1) is 8.61. The lowest BCUT2D eigenvalue weighted by molar-refractivity contribution is 0.0601. The highest BCUT2D eigenvalue weighted by Crippen LogP contribution is 2.23. The van der Waals surface area contributed by atoms with Crippen LogP contribution in [0.3, 0.4) is 0 Å². The standard InChI is InChI=1S/C14H12FNO2/c1-9-8-16-13(15)7-12(9)10-3-5-11(6-4-10)14(17)18-2/h3-8H,1-2H3. The normalized spacial score (nSPS) is 10.2. The number of esters is 1. The Morgan fingerprint density at radius 1 is 1.28 bits per heavy atom. The van der Waals surface area contributed by atoms with E-state index in [0.29, 0.717) is 5.56 Å². The zero-order chi connectivity index (χ0) is 13.1. The molecule has 0 aliphatic heterocycles. The van der Waals surface area contributed by atoms with Crippen LogP contribution in [0.4, 0.5) is 4.39 Å². The van der Waals surface area contributed by atoms with Gasteiger partial charge >= 0.3 is 5.97 Å². The first-order valence-electron chi connectivity index (χ1n) is 5.42. The molecule has 0 amide bonds. The Kier molecular flexibility index (Phi) is 3.37. The molecule has 3 nitrogen and oxygen atoms in total. The number of hydrogen-bond acceptors (Lipinski definition) is 3. The zero-order valence-corrected chi connectivity index (χ0v) is 10.1. The fourth-order valence-electron chi connectivity index (χ4n) is 1.71. The summed E-state index contributed by atoms with van der Waals surface area (Å²) in [5, 5.41) is 0. The molecule has 0 radical (unpaired) electrons. The third-order valence-corrected chi connectivity index (χ3v) is 2.69. The number of benzene rings is 1. The lowest BCUT2D eigenvalue weighted by Gasteiger charge is -2.06. The fourth-order valence-corrected chi connectivity index (χ4v) is 1.71. The summed E-state index contributed by atoms with van der Waals surface area (Å²) in [6.45, 7) is 1.86. The van der Waals surface area contributed by atoms with E-state index >= 15 is 0 Å². The Morgan fingerprint density at radius 3 is 2.56 bits per heavy atom. The molecule has 0 aliphatic carbocycles. The van der Waals surface area contributed by atoms with Crippen molar-refractivity contribution in [3.8, 4) is 11.1 Å². The van der Waals surface area contributed by atoms with Crippen LogP contribution in [0.1, 0.15) is 15.9 Å². The van der Waals surface area contributed by atoms with E-state index in [1.165, 1.54) is 19.4 Å². The van der Waals surface area contributed by atoms with Gasteiger partial charge in [-0.1, -0.05) is 12.1 Å². The fraction of sp³-hybridized carbons (Fsp3) is 0.143. The van der Waals surface area contributed by atoms with Crippen molar-refractivity contribution in [2.24, 2.45) is 0 Å². The van der Waals surface area contributed by atoms with Gasteiger partial charge < -0.3 is 4.74 Å². The Bertz CT molecular complexity index is 579. The number of nitrogens with zero attached hydrogens (tertiary/aromatic N) is 1. The van der Waals surface area contributed by atoms with Crippen molar-refractivity contribution in [3.63, 3.8) is 0 Å². The summed E-state index contributed by atoms with van der Waals surface area (Å²) < 4.78 is 17.7. The van der Waals surface area contributed by atoms with Gasteiger partial charge in [-0.15, -0.1) is 0 Å². The summed E-state index contributed by atoms with van der Waals surface area (Å²) in [4.78, 5) is 14.9. The second-order valence-electron chi connectivity index (χ2n) is 3.89. The molecule has 0 saturated carbocycles. The van der Waals surface area contributed by atoms with Gasteiger partial charge in [0.1, 0.15) is 0 Å². The summed E-state index contributed by atoms with van der Waals surface area (Å²) in [7, 11) is 1.33. The summed E-state index contributed by atoms with van der Waals surface area (Å²) in [5.41, 5.74) is 2.94. The van der Waals surface area contributed by atoms with E-state index in [9.17, 15) is 9.18 Å².